The summed E-state index contributed by atoms with van der Waals surface area (Å²) in [7, 11) is 1.34. The molecule has 0 aliphatic carbocycles. The molecule has 3 aromatic heterocycles. The van der Waals surface area contributed by atoms with Crippen molar-refractivity contribution in [2.45, 2.75) is 12.4 Å². The lowest BCUT2D eigenvalue weighted by Gasteiger charge is -2.16. The lowest BCUT2D eigenvalue weighted by molar-refractivity contribution is -0.143. The standard InChI is InChI=1S/C23H17F6N5O4/c1-37-7-8-38-21-16(9-12(10-31-21)22(24,25)26)33-20(36)15-11-32-34(18(15)23(27,28)29)17-4-2-3-14-13(17)5-6-30-19(14)35/h2-6,9-11H,7-8H2,1H3,(H,30,35)(H,33,36). The number of alkyl halides is 6. The van der Waals surface area contributed by atoms with E-state index in [4.69, 9.17) is 9.47 Å². The Morgan fingerprint density at radius 3 is 2.50 bits per heavy atom. The molecule has 2 N–H and O–H groups in total. The zero-order valence-electron chi connectivity index (χ0n) is 19.3. The summed E-state index contributed by atoms with van der Waals surface area (Å²) in [4.78, 5) is 31.0. The maximum absolute atomic E-state index is 14.2. The van der Waals surface area contributed by atoms with E-state index in [0.29, 0.717) is 23.1 Å². The number of ether oxygens (including phenoxy) is 2. The van der Waals surface area contributed by atoms with Crippen molar-refractivity contribution in [2.24, 2.45) is 0 Å². The SMILES string of the molecule is COCCOc1ncc(C(F)(F)F)cc1NC(=O)c1cnn(-c2cccc3c(=O)[nH]ccc23)c1C(F)(F)F. The lowest BCUT2D eigenvalue weighted by atomic mass is 10.1. The van der Waals surface area contributed by atoms with Gasteiger partial charge in [0.2, 0.25) is 5.88 Å². The molecule has 1 aromatic carbocycles. The first-order valence-corrected chi connectivity index (χ1v) is 10.7. The molecule has 4 rings (SSSR count). The van der Waals surface area contributed by atoms with Crippen molar-refractivity contribution in [1.82, 2.24) is 19.7 Å². The number of amides is 1. The maximum Gasteiger partial charge on any atom is 0.434 e. The number of anilines is 1. The van der Waals surface area contributed by atoms with E-state index in [1.165, 1.54) is 37.6 Å². The van der Waals surface area contributed by atoms with Crippen LogP contribution in [0.25, 0.3) is 16.5 Å². The van der Waals surface area contributed by atoms with Gasteiger partial charge in [0.1, 0.15) is 12.3 Å². The number of hydrogen-bond acceptors (Lipinski definition) is 6. The van der Waals surface area contributed by atoms with E-state index in [-0.39, 0.29) is 29.7 Å². The summed E-state index contributed by atoms with van der Waals surface area (Å²) < 4.78 is 92.8. The molecule has 9 nitrogen and oxygen atoms in total. The van der Waals surface area contributed by atoms with Crippen LogP contribution in [-0.2, 0) is 17.1 Å². The van der Waals surface area contributed by atoms with Crippen LogP contribution < -0.4 is 15.6 Å². The first kappa shape index (κ1) is 26.7. The minimum absolute atomic E-state index is 0.0228. The van der Waals surface area contributed by atoms with E-state index in [0.717, 1.165) is 0 Å². The normalized spacial score (nSPS) is 12.1. The molecule has 0 fully saturated rings. The molecule has 0 unspecified atom stereocenters. The van der Waals surface area contributed by atoms with Crippen LogP contribution in [0.15, 0.2) is 53.7 Å². The first-order chi connectivity index (χ1) is 17.9. The van der Waals surface area contributed by atoms with Gasteiger partial charge in [0.25, 0.3) is 11.5 Å². The fraction of sp³-hybridized carbons (Fsp3) is 0.217. The third-order valence-electron chi connectivity index (χ3n) is 5.26. The third-order valence-corrected chi connectivity index (χ3v) is 5.26. The van der Waals surface area contributed by atoms with Crippen LogP contribution in [0, 0.1) is 0 Å². The molecule has 0 spiro atoms. The number of nitrogens with zero attached hydrogens (tertiary/aromatic N) is 3. The van der Waals surface area contributed by atoms with Crippen molar-refractivity contribution in [2.75, 3.05) is 25.6 Å². The Morgan fingerprint density at radius 2 is 1.82 bits per heavy atom. The predicted octanol–water partition coefficient (Wildman–Crippen LogP) is 4.42. The van der Waals surface area contributed by atoms with Crippen LogP contribution >= 0.6 is 0 Å². The zero-order chi connectivity index (χ0) is 27.7. The van der Waals surface area contributed by atoms with E-state index in [2.05, 4.69) is 15.1 Å². The van der Waals surface area contributed by atoms with Gasteiger partial charge in [0.05, 0.1) is 29.6 Å². The van der Waals surface area contributed by atoms with Crippen LogP contribution in [0.3, 0.4) is 0 Å². The molecule has 1 amide bonds. The Hall–Kier alpha value is -4.40. The third kappa shape index (κ3) is 5.32. The highest BCUT2D eigenvalue weighted by atomic mass is 19.4. The second kappa shape index (κ2) is 10.2. The maximum atomic E-state index is 14.2. The molecule has 3 heterocycles. The van der Waals surface area contributed by atoms with Crippen LogP contribution in [0.4, 0.5) is 32.0 Å². The van der Waals surface area contributed by atoms with Crippen molar-refractivity contribution < 1.29 is 40.6 Å². The molecule has 0 saturated heterocycles. The number of halogens is 6. The number of pyridine rings is 2. The predicted molar refractivity (Wildman–Crippen MR) is 121 cm³/mol. The molecule has 0 radical (unpaired) electrons. The highest BCUT2D eigenvalue weighted by molar-refractivity contribution is 6.06. The Balaban J connectivity index is 1.79. The van der Waals surface area contributed by atoms with Gasteiger partial charge in [-0.25, -0.2) is 9.67 Å². The van der Waals surface area contributed by atoms with E-state index in [1.807, 2.05) is 5.32 Å². The summed E-state index contributed by atoms with van der Waals surface area (Å²) in [6.45, 7) is -0.140. The number of H-pyrrole nitrogens is 1. The number of carbonyl (C=O) groups excluding carboxylic acids is 1. The van der Waals surface area contributed by atoms with Gasteiger partial charge < -0.3 is 19.8 Å². The van der Waals surface area contributed by atoms with E-state index in [1.54, 1.807) is 0 Å². The highest BCUT2D eigenvalue weighted by Gasteiger charge is 2.41. The molecule has 38 heavy (non-hydrogen) atoms. The number of benzene rings is 1. The molecule has 4 aromatic rings. The van der Waals surface area contributed by atoms with Crippen molar-refractivity contribution >= 4 is 22.4 Å². The minimum Gasteiger partial charge on any atom is -0.474 e. The Bertz CT molecular complexity index is 1540. The van der Waals surface area contributed by atoms with Gasteiger partial charge in [0.15, 0.2) is 5.69 Å². The smallest absolute Gasteiger partial charge is 0.434 e. The van der Waals surface area contributed by atoms with Gasteiger partial charge in [0, 0.05) is 30.3 Å². The summed E-state index contributed by atoms with van der Waals surface area (Å²) >= 11 is 0. The van der Waals surface area contributed by atoms with E-state index in [9.17, 15) is 35.9 Å². The molecule has 200 valence electrons. The van der Waals surface area contributed by atoms with Crippen LogP contribution in [0.5, 0.6) is 5.88 Å². The van der Waals surface area contributed by atoms with E-state index < -0.39 is 52.2 Å². The Morgan fingerprint density at radius 1 is 1.05 bits per heavy atom. The topological polar surface area (TPSA) is 111 Å². The minimum atomic E-state index is -5.13. The van der Waals surface area contributed by atoms with Crippen molar-refractivity contribution in [3.63, 3.8) is 0 Å². The number of carbonyl (C=O) groups is 1. The second-order valence-corrected chi connectivity index (χ2v) is 7.73. The summed E-state index contributed by atoms with van der Waals surface area (Å²) in [5.74, 6) is -1.88. The van der Waals surface area contributed by atoms with Crippen LogP contribution in [0.1, 0.15) is 21.6 Å². The van der Waals surface area contributed by atoms with Crippen molar-refractivity contribution in [3.8, 4) is 11.6 Å². The summed E-state index contributed by atoms with van der Waals surface area (Å²) in [6, 6.07) is 5.86. The highest BCUT2D eigenvalue weighted by Crippen LogP contribution is 2.37. The molecule has 0 aliphatic rings. The molecular weight excluding hydrogens is 524 g/mol. The summed E-state index contributed by atoms with van der Waals surface area (Å²) in [6.07, 6.45) is -7.66. The number of aromatic nitrogens is 4. The van der Waals surface area contributed by atoms with Crippen molar-refractivity contribution in [3.05, 3.63) is 76.1 Å². The molecule has 0 aliphatic heterocycles. The number of methoxy groups -OCH3 is 1. The molecular formula is C23H17F6N5O4. The second-order valence-electron chi connectivity index (χ2n) is 7.73. The number of aromatic amines is 1. The van der Waals surface area contributed by atoms with Gasteiger partial charge in [-0.3, -0.25) is 9.59 Å². The molecule has 0 atom stereocenters. The average Bonchev–Trinajstić information content (AvgIpc) is 3.30. The van der Waals surface area contributed by atoms with Crippen LogP contribution in [0.2, 0.25) is 0 Å². The zero-order valence-corrected chi connectivity index (χ0v) is 19.3. The van der Waals surface area contributed by atoms with Gasteiger partial charge >= 0.3 is 12.4 Å². The molecule has 0 bridgehead atoms. The Labute approximate surface area is 209 Å². The molecule has 0 saturated carbocycles. The van der Waals surface area contributed by atoms with E-state index >= 15 is 0 Å². The van der Waals surface area contributed by atoms with Gasteiger partial charge in [-0.1, -0.05) is 6.07 Å². The van der Waals surface area contributed by atoms with Crippen molar-refractivity contribution in [1.29, 1.82) is 0 Å². The largest absolute Gasteiger partial charge is 0.474 e. The summed E-state index contributed by atoms with van der Waals surface area (Å²) in [5.41, 5.74) is -5.08. The Kier molecular flexibility index (Phi) is 7.13. The number of rotatable bonds is 7. The van der Waals surface area contributed by atoms with Crippen LogP contribution in [-0.4, -0.2) is 46.0 Å². The van der Waals surface area contributed by atoms with Gasteiger partial charge in [-0.2, -0.15) is 31.4 Å². The number of nitrogens with one attached hydrogen (secondary N) is 2. The van der Waals surface area contributed by atoms with Gasteiger partial charge in [-0.05, 0) is 24.3 Å². The molecule has 15 heteroatoms. The summed E-state index contributed by atoms with van der Waals surface area (Å²) in [5, 5.41) is 5.92. The lowest BCUT2D eigenvalue weighted by Crippen LogP contribution is -2.22. The number of hydrogen-bond donors (Lipinski definition) is 2. The quantitative estimate of drug-likeness (QED) is 0.265. The monoisotopic (exact) mass is 541 g/mol. The average molecular weight is 541 g/mol. The fourth-order valence-corrected chi connectivity index (χ4v) is 3.58. The fourth-order valence-electron chi connectivity index (χ4n) is 3.58. The first-order valence-electron chi connectivity index (χ1n) is 10.7. The van der Waals surface area contributed by atoms with Gasteiger partial charge in [-0.15, -0.1) is 0 Å². The number of fused-ring (bicyclic) bond motifs is 1.